The monoisotopic (exact) mass is 422 g/mol. The third kappa shape index (κ3) is 3.88. The van der Waals surface area contributed by atoms with Gasteiger partial charge in [0.1, 0.15) is 5.69 Å². The summed E-state index contributed by atoms with van der Waals surface area (Å²) in [6.45, 7) is 2.48. The summed E-state index contributed by atoms with van der Waals surface area (Å²) in [5, 5.41) is 16.2. The van der Waals surface area contributed by atoms with Gasteiger partial charge in [-0.1, -0.05) is 66.7 Å². The SMILES string of the molecule is CC(NC(=O)c1cn(Cc2ccccc2)nc1-c1ccccc1)c1nnc2ccccn12. The maximum absolute atomic E-state index is 13.3. The number of carbonyl (C=O) groups excluding carboxylic acids is 1. The molecule has 158 valence electrons. The van der Waals surface area contributed by atoms with Crippen molar-refractivity contribution in [3.05, 3.63) is 108 Å². The van der Waals surface area contributed by atoms with E-state index < -0.39 is 0 Å². The van der Waals surface area contributed by atoms with Crippen LogP contribution in [0.4, 0.5) is 0 Å². The van der Waals surface area contributed by atoms with Crippen molar-refractivity contribution in [1.82, 2.24) is 29.7 Å². The summed E-state index contributed by atoms with van der Waals surface area (Å²) >= 11 is 0. The first-order valence-corrected chi connectivity index (χ1v) is 10.5. The Hall–Kier alpha value is -4.26. The number of benzene rings is 2. The van der Waals surface area contributed by atoms with Gasteiger partial charge in [0.2, 0.25) is 0 Å². The molecule has 5 rings (SSSR count). The summed E-state index contributed by atoms with van der Waals surface area (Å²) in [6.07, 6.45) is 3.69. The van der Waals surface area contributed by atoms with Crippen LogP contribution in [0.5, 0.6) is 0 Å². The lowest BCUT2D eigenvalue weighted by molar-refractivity contribution is 0.0938. The van der Waals surface area contributed by atoms with Crippen LogP contribution in [0.2, 0.25) is 0 Å². The van der Waals surface area contributed by atoms with Gasteiger partial charge in [0.15, 0.2) is 11.5 Å². The van der Waals surface area contributed by atoms with E-state index in [1.54, 1.807) is 6.20 Å². The molecule has 0 saturated heterocycles. The summed E-state index contributed by atoms with van der Waals surface area (Å²) in [5.74, 6) is 0.468. The van der Waals surface area contributed by atoms with Gasteiger partial charge in [-0.2, -0.15) is 5.10 Å². The van der Waals surface area contributed by atoms with Crippen LogP contribution in [0.3, 0.4) is 0 Å². The minimum Gasteiger partial charge on any atom is -0.342 e. The van der Waals surface area contributed by atoms with Crippen molar-refractivity contribution in [1.29, 1.82) is 0 Å². The zero-order chi connectivity index (χ0) is 21.9. The molecular formula is C25H22N6O. The number of hydrogen-bond donors (Lipinski definition) is 1. The average molecular weight is 422 g/mol. The molecule has 0 fully saturated rings. The fraction of sp³-hybridized carbons (Fsp3) is 0.120. The van der Waals surface area contributed by atoms with Crippen molar-refractivity contribution in [2.75, 3.05) is 0 Å². The molecule has 0 aliphatic carbocycles. The second-order valence-corrected chi connectivity index (χ2v) is 7.62. The van der Waals surface area contributed by atoms with E-state index in [1.165, 1.54) is 0 Å². The Kier molecular flexibility index (Phi) is 5.21. The summed E-state index contributed by atoms with van der Waals surface area (Å²) in [6, 6.07) is 25.2. The Morgan fingerprint density at radius 3 is 2.44 bits per heavy atom. The van der Waals surface area contributed by atoms with Crippen LogP contribution in [0, 0.1) is 0 Å². The Morgan fingerprint density at radius 1 is 0.938 bits per heavy atom. The van der Waals surface area contributed by atoms with Gasteiger partial charge < -0.3 is 5.32 Å². The summed E-state index contributed by atoms with van der Waals surface area (Å²) in [4.78, 5) is 13.3. The zero-order valence-corrected chi connectivity index (χ0v) is 17.6. The number of fused-ring (bicyclic) bond motifs is 1. The molecule has 7 heteroatoms. The fourth-order valence-corrected chi connectivity index (χ4v) is 3.74. The molecule has 0 aliphatic rings. The normalized spacial score (nSPS) is 12.0. The third-order valence-electron chi connectivity index (χ3n) is 5.32. The van der Waals surface area contributed by atoms with Crippen molar-refractivity contribution in [3.63, 3.8) is 0 Å². The molecule has 0 spiro atoms. The van der Waals surface area contributed by atoms with Gasteiger partial charge in [0.05, 0.1) is 18.2 Å². The number of carbonyl (C=O) groups is 1. The van der Waals surface area contributed by atoms with E-state index in [0.717, 1.165) is 16.8 Å². The Bertz CT molecular complexity index is 1360. The predicted molar refractivity (Wildman–Crippen MR) is 122 cm³/mol. The van der Waals surface area contributed by atoms with Crippen LogP contribution in [0.15, 0.2) is 91.3 Å². The molecule has 1 amide bonds. The molecule has 1 N–H and O–H groups in total. The van der Waals surface area contributed by atoms with Gasteiger partial charge in [-0.05, 0) is 24.6 Å². The highest BCUT2D eigenvalue weighted by atomic mass is 16.1. The topological polar surface area (TPSA) is 77.1 Å². The molecule has 3 heterocycles. The van der Waals surface area contributed by atoms with Crippen LogP contribution < -0.4 is 5.32 Å². The smallest absolute Gasteiger partial charge is 0.255 e. The highest BCUT2D eigenvalue weighted by molar-refractivity contribution is 6.00. The van der Waals surface area contributed by atoms with Crippen molar-refractivity contribution in [2.45, 2.75) is 19.5 Å². The summed E-state index contributed by atoms with van der Waals surface area (Å²) in [7, 11) is 0. The Morgan fingerprint density at radius 2 is 1.66 bits per heavy atom. The third-order valence-corrected chi connectivity index (χ3v) is 5.32. The molecule has 0 radical (unpaired) electrons. The molecule has 0 saturated carbocycles. The molecular weight excluding hydrogens is 400 g/mol. The van der Waals surface area contributed by atoms with Gasteiger partial charge in [-0.15, -0.1) is 10.2 Å². The molecule has 7 nitrogen and oxygen atoms in total. The first-order chi connectivity index (χ1) is 15.7. The average Bonchev–Trinajstić information content (AvgIpc) is 3.45. The molecule has 0 aliphatic heterocycles. The zero-order valence-electron chi connectivity index (χ0n) is 17.6. The molecule has 2 aromatic carbocycles. The molecule has 1 atom stereocenters. The highest BCUT2D eigenvalue weighted by Crippen LogP contribution is 2.23. The minimum absolute atomic E-state index is 0.205. The van der Waals surface area contributed by atoms with Gasteiger partial charge >= 0.3 is 0 Å². The molecule has 0 bridgehead atoms. The number of pyridine rings is 1. The van der Waals surface area contributed by atoms with E-state index in [4.69, 9.17) is 5.10 Å². The van der Waals surface area contributed by atoms with Gasteiger partial charge in [0, 0.05) is 18.0 Å². The van der Waals surface area contributed by atoms with E-state index in [1.807, 2.05) is 101 Å². The predicted octanol–water partition coefficient (Wildman–Crippen LogP) is 4.13. The summed E-state index contributed by atoms with van der Waals surface area (Å²) < 4.78 is 3.69. The first kappa shape index (κ1) is 19.7. The van der Waals surface area contributed by atoms with E-state index in [-0.39, 0.29) is 11.9 Å². The summed E-state index contributed by atoms with van der Waals surface area (Å²) in [5.41, 5.74) is 3.92. The maximum Gasteiger partial charge on any atom is 0.255 e. The molecule has 1 unspecified atom stereocenters. The second-order valence-electron chi connectivity index (χ2n) is 7.62. The molecule has 32 heavy (non-hydrogen) atoms. The number of nitrogens with zero attached hydrogens (tertiary/aromatic N) is 5. The van der Waals surface area contributed by atoms with Crippen LogP contribution in [-0.2, 0) is 6.54 Å². The van der Waals surface area contributed by atoms with Gasteiger partial charge in [0.25, 0.3) is 5.91 Å². The van der Waals surface area contributed by atoms with Crippen molar-refractivity contribution >= 4 is 11.6 Å². The maximum atomic E-state index is 13.3. The van der Waals surface area contributed by atoms with Crippen molar-refractivity contribution in [2.24, 2.45) is 0 Å². The number of aromatic nitrogens is 5. The fourth-order valence-electron chi connectivity index (χ4n) is 3.74. The Labute approximate surface area is 185 Å². The highest BCUT2D eigenvalue weighted by Gasteiger charge is 2.22. The van der Waals surface area contributed by atoms with Gasteiger partial charge in [-0.3, -0.25) is 13.9 Å². The van der Waals surface area contributed by atoms with Crippen LogP contribution in [0.25, 0.3) is 16.9 Å². The van der Waals surface area contributed by atoms with Crippen molar-refractivity contribution < 1.29 is 4.79 Å². The minimum atomic E-state index is -0.332. The molecule has 3 aromatic heterocycles. The van der Waals surface area contributed by atoms with Gasteiger partial charge in [-0.25, -0.2) is 0 Å². The Balaban J connectivity index is 1.46. The van der Waals surface area contributed by atoms with E-state index >= 15 is 0 Å². The lowest BCUT2D eigenvalue weighted by Crippen LogP contribution is -2.28. The number of rotatable bonds is 6. The standard InChI is InChI=1S/C25H22N6O/c1-18(24-28-27-22-14-8-9-15-31(22)24)26-25(32)21-17-30(16-19-10-4-2-5-11-19)29-23(21)20-12-6-3-7-13-20/h2-15,17-18H,16H2,1H3,(H,26,32). The lowest BCUT2D eigenvalue weighted by atomic mass is 10.1. The first-order valence-electron chi connectivity index (χ1n) is 10.5. The van der Waals surface area contributed by atoms with Crippen molar-refractivity contribution in [3.8, 4) is 11.3 Å². The largest absolute Gasteiger partial charge is 0.342 e. The number of hydrogen-bond acceptors (Lipinski definition) is 4. The van der Waals surface area contributed by atoms with Crippen LogP contribution >= 0.6 is 0 Å². The number of nitrogens with one attached hydrogen (secondary N) is 1. The number of amides is 1. The van der Waals surface area contributed by atoms with E-state index in [2.05, 4.69) is 15.5 Å². The molecule has 5 aromatic rings. The lowest BCUT2D eigenvalue weighted by Gasteiger charge is -2.12. The second kappa shape index (κ2) is 8.47. The van der Waals surface area contributed by atoms with Crippen LogP contribution in [-0.4, -0.2) is 30.3 Å². The van der Waals surface area contributed by atoms with E-state index in [0.29, 0.717) is 23.6 Å². The quantitative estimate of drug-likeness (QED) is 0.446. The van der Waals surface area contributed by atoms with Crippen LogP contribution in [0.1, 0.15) is 34.7 Å². The van der Waals surface area contributed by atoms with E-state index in [9.17, 15) is 4.79 Å².